The molecule has 140 valence electrons. The van der Waals surface area contributed by atoms with Crippen LogP contribution in [-0.4, -0.2) is 5.11 Å². The minimum absolute atomic E-state index is 0.185. The standard InChI is InChI=1S/C22H18ClF3O/c1-13-3-6-18(14(2)9-13)15-4-8-21(23)20(11-15)19-7-5-17(22(24,25)26)10-16(19)12-27/h3-11,27H,12H2,1-2H3. The monoisotopic (exact) mass is 390 g/mol. The van der Waals surface area contributed by atoms with Crippen molar-refractivity contribution in [2.45, 2.75) is 26.6 Å². The Kier molecular flexibility index (Phi) is 5.31. The molecule has 0 amide bonds. The molecule has 0 aliphatic rings. The Balaban J connectivity index is 2.15. The quantitative estimate of drug-likeness (QED) is 0.521. The van der Waals surface area contributed by atoms with E-state index < -0.39 is 18.3 Å². The Morgan fingerprint density at radius 2 is 1.56 bits per heavy atom. The minimum Gasteiger partial charge on any atom is -0.392 e. The summed E-state index contributed by atoms with van der Waals surface area (Å²) in [5.74, 6) is 0. The molecule has 0 bridgehead atoms. The van der Waals surface area contributed by atoms with Crippen LogP contribution in [0.25, 0.3) is 22.3 Å². The summed E-state index contributed by atoms with van der Waals surface area (Å²) >= 11 is 6.34. The molecular formula is C22H18ClF3O. The summed E-state index contributed by atoms with van der Waals surface area (Å²) in [6.07, 6.45) is -4.47. The molecule has 0 aliphatic heterocycles. The molecule has 0 saturated carbocycles. The maximum absolute atomic E-state index is 13.0. The van der Waals surface area contributed by atoms with Crippen LogP contribution in [0.5, 0.6) is 0 Å². The van der Waals surface area contributed by atoms with Gasteiger partial charge in [-0.05, 0) is 65.9 Å². The average molecular weight is 391 g/mol. The Morgan fingerprint density at radius 1 is 0.852 bits per heavy atom. The molecule has 1 nitrogen and oxygen atoms in total. The number of aliphatic hydroxyl groups excluding tert-OH is 1. The van der Waals surface area contributed by atoms with Gasteiger partial charge in [-0.15, -0.1) is 0 Å². The van der Waals surface area contributed by atoms with Crippen LogP contribution >= 0.6 is 11.6 Å². The van der Waals surface area contributed by atoms with Gasteiger partial charge >= 0.3 is 6.18 Å². The third kappa shape index (κ3) is 4.02. The average Bonchev–Trinajstić information content (AvgIpc) is 2.61. The summed E-state index contributed by atoms with van der Waals surface area (Å²) in [5, 5.41) is 10.0. The van der Waals surface area contributed by atoms with Crippen LogP contribution in [-0.2, 0) is 12.8 Å². The van der Waals surface area contributed by atoms with Gasteiger partial charge in [0, 0.05) is 10.6 Å². The first-order valence-electron chi connectivity index (χ1n) is 8.39. The first-order valence-corrected chi connectivity index (χ1v) is 8.77. The Morgan fingerprint density at radius 3 is 2.19 bits per heavy atom. The predicted molar refractivity (Wildman–Crippen MR) is 103 cm³/mol. The van der Waals surface area contributed by atoms with Gasteiger partial charge in [0.1, 0.15) is 0 Å². The second-order valence-corrected chi connectivity index (χ2v) is 6.95. The Hall–Kier alpha value is -2.30. The molecule has 0 unspecified atom stereocenters. The summed E-state index contributed by atoms with van der Waals surface area (Å²) in [7, 11) is 0. The van der Waals surface area contributed by atoms with Crippen molar-refractivity contribution in [3.05, 3.63) is 81.9 Å². The molecule has 0 aromatic heterocycles. The van der Waals surface area contributed by atoms with E-state index in [4.69, 9.17) is 11.6 Å². The lowest BCUT2D eigenvalue weighted by atomic mass is 9.93. The van der Waals surface area contributed by atoms with E-state index in [9.17, 15) is 18.3 Å². The lowest BCUT2D eigenvalue weighted by Gasteiger charge is -2.15. The number of halogens is 4. The minimum atomic E-state index is -4.47. The van der Waals surface area contributed by atoms with E-state index in [-0.39, 0.29) is 5.56 Å². The zero-order valence-electron chi connectivity index (χ0n) is 14.9. The molecule has 0 radical (unpaired) electrons. The molecular weight excluding hydrogens is 373 g/mol. The smallest absolute Gasteiger partial charge is 0.392 e. The fourth-order valence-electron chi connectivity index (χ4n) is 3.20. The summed E-state index contributed by atoms with van der Waals surface area (Å²) in [5.41, 5.74) is 4.65. The third-order valence-electron chi connectivity index (χ3n) is 4.55. The zero-order chi connectivity index (χ0) is 19.8. The highest BCUT2D eigenvalue weighted by Gasteiger charge is 2.31. The van der Waals surface area contributed by atoms with Gasteiger partial charge < -0.3 is 5.11 Å². The van der Waals surface area contributed by atoms with Gasteiger partial charge in [0.05, 0.1) is 12.2 Å². The summed E-state index contributed by atoms with van der Waals surface area (Å²) in [4.78, 5) is 0. The van der Waals surface area contributed by atoms with Crippen molar-refractivity contribution in [2.75, 3.05) is 0 Å². The van der Waals surface area contributed by atoms with E-state index in [1.807, 2.05) is 38.1 Å². The second kappa shape index (κ2) is 7.37. The highest BCUT2D eigenvalue weighted by atomic mass is 35.5. The van der Waals surface area contributed by atoms with E-state index in [1.54, 1.807) is 6.07 Å². The lowest BCUT2D eigenvalue weighted by molar-refractivity contribution is -0.137. The molecule has 1 N–H and O–H groups in total. The van der Waals surface area contributed by atoms with Crippen LogP contribution in [0.4, 0.5) is 13.2 Å². The van der Waals surface area contributed by atoms with Crippen molar-refractivity contribution >= 4 is 11.6 Å². The second-order valence-electron chi connectivity index (χ2n) is 6.54. The summed E-state index contributed by atoms with van der Waals surface area (Å²) < 4.78 is 38.9. The normalized spacial score (nSPS) is 11.7. The van der Waals surface area contributed by atoms with Crippen LogP contribution in [0.1, 0.15) is 22.3 Å². The maximum atomic E-state index is 13.0. The van der Waals surface area contributed by atoms with E-state index in [1.165, 1.54) is 6.07 Å². The summed E-state index contributed by atoms with van der Waals surface area (Å²) in [6, 6.07) is 14.9. The number of alkyl halides is 3. The molecule has 0 fully saturated rings. The first-order chi connectivity index (χ1) is 12.7. The van der Waals surface area contributed by atoms with Gasteiger partial charge in [-0.25, -0.2) is 0 Å². The van der Waals surface area contributed by atoms with Crippen LogP contribution in [0, 0.1) is 13.8 Å². The van der Waals surface area contributed by atoms with E-state index >= 15 is 0 Å². The predicted octanol–water partition coefficient (Wildman–Crippen LogP) is 6.80. The van der Waals surface area contributed by atoms with Gasteiger partial charge in [0.25, 0.3) is 0 Å². The fraction of sp³-hybridized carbons (Fsp3) is 0.182. The van der Waals surface area contributed by atoms with Gasteiger partial charge in [0.2, 0.25) is 0 Å². The topological polar surface area (TPSA) is 20.2 Å². The SMILES string of the molecule is Cc1ccc(-c2ccc(Cl)c(-c3ccc(C(F)(F)F)cc3CO)c2)c(C)c1. The molecule has 27 heavy (non-hydrogen) atoms. The largest absolute Gasteiger partial charge is 0.416 e. The number of benzene rings is 3. The van der Waals surface area contributed by atoms with Gasteiger partial charge in [0.15, 0.2) is 0 Å². The first kappa shape index (κ1) is 19.5. The molecule has 0 spiro atoms. The van der Waals surface area contributed by atoms with Gasteiger partial charge in [-0.1, -0.05) is 47.5 Å². The molecule has 3 aromatic rings. The van der Waals surface area contributed by atoms with Crippen molar-refractivity contribution in [3.8, 4) is 22.3 Å². The maximum Gasteiger partial charge on any atom is 0.416 e. The molecule has 3 rings (SSSR count). The van der Waals surface area contributed by atoms with E-state index in [0.717, 1.165) is 34.4 Å². The van der Waals surface area contributed by atoms with Crippen LogP contribution in [0.2, 0.25) is 5.02 Å². The molecule has 0 atom stereocenters. The van der Waals surface area contributed by atoms with Crippen molar-refractivity contribution in [1.82, 2.24) is 0 Å². The number of aryl methyl sites for hydroxylation is 2. The Labute approximate surface area is 161 Å². The molecule has 0 heterocycles. The van der Waals surface area contributed by atoms with Crippen molar-refractivity contribution < 1.29 is 18.3 Å². The van der Waals surface area contributed by atoms with Crippen LogP contribution in [0.3, 0.4) is 0 Å². The number of rotatable bonds is 3. The van der Waals surface area contributed by atoms with Gasteiger partial charge in [-0.2, -0.15) is 13.2 Å². The van der Waals surface area contributed by atoms with Crippen LogP contribution in [0.15, 0.2) is 54.6 Å². The van der Waals surface area contributed by atoms with Crippen molar-refractivity contribution in [1.29, 1.82) is 0 Å². The zero-order valence-corrected chi connectivity index (χ0v) is 15.6. The van der Waals surface area contributed by atoms with Crippen molar-refractivity contribution in [3.63, 3.8) is 0 Å². The molecule has 5 heteroatoms. The van der Waals surface area contributed by atoms with E-state index in [0.29, 0.717) is 16.1 Å². The highest BCUT2D eigenvalue weighted by molar-refractivity contribution is 6.33. The summed E-state index contributed by atoms with van der Waals surface area (Å²) in [6.45, 7) is 3.51. The number of hydrogen-bond donors (Lipinski definition) is 1. The lowest BCUT2D eigenvalue weighted by Crippen LogP contribution is -2.06. The fourth-order valence-corrected chi connectivity index (χ4v) is 3.42. The van der Waals surface area contributed by atoms with Gasteiger partial charge in [-0.3, -0.25) is 0 Å². The number of aliphatic hydroxyl groups is 1. The van der Waals surface area contributed by atoms with Crippen molar-refractivity contribution in [2.24, 2.45) is 0 Å². The highest BCUT2D eigenvalue weighted by Crippen LogP contribution is 2.38. The number of hydrogen-bond acceptors (Lipinski definition) is 1. The van der Waals surface area contributed by atoms with Crippen LogP contribution < -0.4 is 0 Å². The molecule has 3 aromatic carbocycles. The Bertz CT molecular complexity index is 993. The van der Waals surface area contributed by atoms with E-state index in [2.05, 4.69) is 6.07 Å². The molecule has 0 saturated heterocycles. The molecule has 0 aliphatic carbocycles. The third-order valence-corrected chi connectivity index (χ3v) is 4.88.